The van der Waals surface area contributed by atoms with Crippen molar-refractivity contribution in [2.45, 2.75) is 84.0 Å². The summed E-state index contributed by atoms with van der Waals surface area (Å²) in [5, 5.41) is 0. The molecular formula is C25H38O4Si. The first-order valence-electron chi connectivity index (χ1n) is 11.5. The van der Waals surface area contributed by atoms with Crippen LogP contribution in [0.1, 0.15) is 79.0 Å². The van der Waals surface area contributed by atoms with Crippen LogP contribution in [0.4, 0.5) is 0 Å². The van der Waals surface area contributed by atoms with Crippen molar-refractivity contribution in [2.75, 3.05) is 13.4 Å². The Balaban J connectivity index is 1.85. The number of hydrogen-bond donors (Lipinski definition) is 0. The van der Waals surface area contributed by atoms with E-state index in [9.17, 15) is 9.59 Å². The van der Waals surface area contributed by atoms with Crippen LogP contribution in [0.5, 0.6) is 0 Å². The highest BCUT2D eigenvalue weighted by atomic mass is 28.3. The molecule has 0 atom stereocenters. The molecule has 2 rings (SSSR count). The average Bonchev–Trinajstić information content (AvgIpc) is 2.71. The molecule has 0 saturated carbocycles. The van der Waals surface area contributed by atoms with Crippen molar-refractivity contribution in [2.24, 2.45) is 0 Å². The van der Waals surface area contributed by atoms with Crippen LogP contribution in [0.15, 0.2) is 35.6 Å². The second kappa shape index (κ2) is 12.2. The predicted octanol–water partition coefficient (Wildman–Crippen LogP) is 6.79. The van der Waals surface area contributed by atoms with Crippen LogP contribution >= 0.6 is 0 Å². The summed E-state index contributed by atoms with van der Waals surface area (Å²) < 4.78 is 10.9. The largest absolute Gasteiger partial charge is 0.463 e. The molecule has 0 aliphatic heterocycles. The van der Waals surface area contributed by atoms with Crippen LogP contribution in [-0.2, 0) is 9.47 Å². The van der Waals surface area contributed by atoms with E-state index in [1.807, 2.05) is 6.92 Å². The average molecular weight is 431 g/mol. The molecule has 0 unspecified atom stereocenters. The molecule has 0 radical (unpaired) electrons. The summed E-state index contributed by atoms with van der Waals surface area (Å²) in [5.41, 5.74) is 1.42. The van der Waals surface area contributed by atoms with Gasteiger partial charge in [0.15, 0.2) is 18.3 Å². The molecule has 0 spiro atoms. The summed E-state index contributed by atoms with van der Waals surface area (Å²) in [6.45, 7) is 9.66. The van der Waals surface area contributed by atoms with E-state index in [4.69, 9.17) is 9.47 Å². The molecule has 0 bridgehead atoms. The maximum Gasteiger partial charge on any atom is 0.228 e. The molecule has 5 heteroatoms. The summed E-state index contributed by atoms with van der Waals surface area (Å²) in [7, 11) is -0.899. The van der Waals surface area contributed by atoms with E-state index < -0.39 is 8.07 Å². The maximum atomic E-state index is 13.0. The van der Waals surface area contributed by atoms with Crippen molar-refractivity contribution >= 4 is 19.6 Å². The van der Waals surface area contributed by atoms with Crippen molar-refractivity contribution in [1.82, 2.24) is 0 Å². The van der Waals surface area contributed by atoms with Gasteiger partial charge in [-0.1, -0.05) is 88.5 Å². The fraction of sp³-hybridized carbons (Fsp3) is 0.600. The quantitative estimate of drug-likeness (QED) is 0.185. The van der Waals surface area contributed by atoms with E-state index >= 15 is 0 Å². The number of rotatable bonds is 14. The van der Waals surface area contributed by atoms with Crippen LogP contribution in [0.3, 0.4) is 0 Å². The Morgan fingerprint density at radius 1 is 0.800 bits per heavy atom. The van der Waals surface area contributed by atoms with Crippen molar-refractivity contribution in [1.29, 1.82) is 0 Å². The first-order chi connectivity index (χ1) is 14.3. The number of benzene rings is 1. The van der Waals surface area contributed by atoms with Gasteiger partial charge in [0.2, 0.25) is 5.78 Å². The number of allylic oxidation sites excluding steroid dienone is 2. The van der Waals surface area contributed by atoms with Crippen molar-refractivity contribution < 1.29 is 19.1 Å². The molecular weight excluding hydrogens is 392 g/mol. The molecule has 0 aromatic heterocycles. The monoisotopic (exact) mass is 430 g/mol. The molecule has 0 saturated heterocycles. The lowest BCUT2D eigenvalue weighted by molar-refractivity contribution is -0.0179. The summed E-state index contributed by atoms with van der Waals surface area (Å²) in [4.78, 5) is 25.9. The van der Waals surface area contributed by atoms with Gasteiger partial charge in [0.1, 0.15) is 0 Å². The van der Waals surface area contributed by atoms with Gasteiger partial charge in [0, 0.05) is 31.4 Å². The third-order valence-electron chi connectivity index (χ3n) is 5.51. The molecule has 1 aliphatic rings. The minimum absolute atomic E-state index is 0.00601. The molecule has 1 aromatic rings. The Hall–Kier alpha value is -1.72. The van der Waals surface area contributed by atoms with E-state index in [0.717, 1.165) is 12.8 Å². The van der Waals surface area contributed by atoms with Gasteiger partial charge in [-0.25, -0.2) is 0 Å². The number of Topliss-reactive ketones (excluding diaryl/α,β-unsaturated/α-hetero) is 2. The number of fused-ring (bicyclic) bond motifs is 1. The number of hydrogen-bond acceptors (Lipinski definition) is 4. The third kappa shape index (κ3) is 7.51. The fourth-order valence-corrected chi connectivity index (χ4v) is 5.12. The van der Waals surface area contributed by atoms with E-state index in [2.05, 4.69) is 19.6 Å². The number of ketones is 2. The van der Waals surface area contributed by atoms with Gasteiger partial charge < -0.3 is 9.47 Å². The lowest BCUT2D eigenvalue weighted by atomic mass is 9.86. The second-order valence-electron chi connectivity index (χ2n) is 9.30. The first kappa shape index (κ1) is 24.5. The lowest BCUT2D eigenvalue weighted by Crippen LogP contribution is -2.24. The van der Waals surface area contributed by atoms with Gasteiger partial charge in [-0.15, -0.1) is 0 Å². The summed E-state index contributed by atoms with van der Waals surface area (Å²) in [6, 6.07) is 8.42. The highest BCUT2D eigenvalue weighted by Crippen LogP contribution is 2.30. The van der Waals surface area contributed by atoms with Crippen LogP contribution in [0.25, 0.3) is 0 Å². The van der Waals surface area contributed by atoms with Crippen molar-refractivity contribution in [3.63, 3.8) is 0 Å². The molecule has 1 aliphatic carbocycles. The van der Waals surface area contributed by atoms with E-state index in [1.54, 1.807) is 24.3 Å². The van der Waals surface area contributed by atoms with Gasteiger partial charge in [-0.3, -0.25) is 9.59 Å². The molecule has 30 heavy (non-hydrogen) atoms. The Morgan fingerprint density at radius 3 is 1.97 bits per heavy atom. The Kier molecular flexibility index (Phi) is 9.99. The smallest absolute Gasteiger partial charge is 0.228 e. The topological polar surface area (TPSA) is 52.6 Å². The maximum absolute atomic E-state index is 13.0. The van der Waals surface area contributed by atoms with Crippen LogP contribution in [0.2, 0.25) is 25.7 Å². The van der Waals surface area contributed by atoms with E-state index in [1.165, 1.54) is 38.1 Å². The Morgan fingerprint density at radius 2 is 1.37 bits per heavy atom. The number of carbonyl (C=O) groups excluding carboxylic acids is 2. The number of carbonyl (C=O) groups is 2. The second-order valence-corrected chi connectivity index (χ2v) is 14.9. The molecule has 0 N–H and O–H groups in total. The van der Waals surface area contributed by atoms with E-state index in [0.29, 0.717) is 29.7 Å². The number of unbranched alkanes of at least 4 members (excludes halogenated alkanes) is 6. The zero-order chi connectivity index (χ0) is 22.0. The van der Waals surface area contributed by atoms with Crippen molar-refractivity contribution in [3.05, 3.63) is 46.7 Å². The molecule has 4 nitrogen and oxygen atoms in total. The highest BCUT2D eigenvalue weighted by molar-refractivity contribution is 6.76. The minimum atomic E-state index is -0.899. The lowest BCUT2D eigenvalue weighted by Gasteiger charge is -2.21. The van der Waals surface area contributed by atoms with Gasteiger partial charge in [0.05, 0.1) is 0 Å². The predicted molar refractivity (Wildman–Crippen MR) is 125 cm³/mol. The van der Waals surface area contributed by atoms with Gasteiger partial charge in [-0.2, -0.15) is 0 Å². The molecule has 166 valence electrons. The Labute approximate surface area is 183 Å². The van der Waals surface area contributed by atoms with Crippen LogP contribution in [-0.4, -0.2) is 33.0 Å². The van der Waals surface area contributed by atoms with Gasteiger partial charge >= 0.3 is 0 Å². The van der Waals surface area contributed by atoms with Crippen molar-refractivity contribution in [3.8, 4) is 0 Å². The fourth-order valence-electron chi connectivity index (χ4n) is 3.81. The minimum Gasteiger partial charge on any atom is -0.463 e. The Bertz CT molecular complexity index is 746. The molecule has 1 aromatic carbocycles. The zero-order valence-electron chi connectivity index (χ0n) is 19.2. The van der Waals surface area contributed by atoms with E-state index in [-0.39, 0.29) is 24.1 Å². The van der Waals surface area contributed by atoms with Crippen LogP contribution < -0.4 is 0 Å². The van der Waals surface area contributed by atoms with Crippen LogP contribution in [0, 0.1) is 0 Å². The first-order valence-corrected chi connectivity index (χ1v) is 15.2. The highest BCUT2D eigenvalue weighted by Gasteiger charge is 2.32. The third-order valence-corrected chi connectivity index (χ3v) is 7.37. The molecule has 0 amide bonds. The van der Waals surface area contributed by atoms with Gasteiger partial charge in [0.25, 0.3) is 0 Å². The zero-order valence-corrected chi connectivity index (χ0v) is 20.2. The molecule has 0 heterocycles. The summed E-state index contributed by atoms with van der Waals surface area (Å²) in [5.74, 6) is -0.108. The number of ether oxygens (including phenoxy) is 2. The standard InChI is InChI=1S/C25H38O4Si/c1-5-28-19-29-25-22(23(26)20-15-12-13-16-21(20)24(25)27)17-11-9-7-6-8-10-14-18-30(2,3)4/h12-13,15-16H,5-11,14,17-19H2,1-4H3. The normalized spacial score (nSPS) is 14.3. The summed E-state index contributed by atoms with van der Waals surface area (Å²) in [6.07, 6.45) is 8.94. The molecule has 0 fully saturated rings. The summed E-state index contributed by atoms with van der Waals surface area (Å²) >= 11 is 0. The SMILES string of the molecule is CCOCOC1=C(CCCCCCCCC[Si](C)(C)C)C(=O)c2ccccc2C1=O. The van der Waals surface area contributed by atoms with Gasteiger partial charge in [-0.05, 0) is 19.8 Å².